The number of unbranched alkanes of at least 4 members (excludes halogenated alkanes) is 19. The largest absolute Gasteiger partial charge is 0.387 e. The van der Waals surface area contributed by atoms with E-state index in [1.54, 1.807) is 6.08 Å². The number of rotatable bonds is 35. The van der Waals surface area contributed by atoms with Crippen molar-refractivity contribution in [2.24, 2.45) is 0 Å². The van der Waals surface area contributed by atoms with Crippen LogP contribution in [0.1, 0.15) is 181 Å². The fourth-order valence-corrected chi connectivity index (χ4v) is 6.36. The number of aliphatic hydroxyl groups excluding tert-OH is 1. The number of hydrogen-bond acceptors (Lipinski definition) is 4. The van der Waals surface area contributed by atoms with Gasteiger partial charge in [0.25, 0.3) is 10.1 Å². The van der Waals surface area contributed by atoms with Gasteiger partial charge in [-0.05, 0) is 77.0 Å². The molecule has 0 aliphatic rings. The maximum atomic E-state index is 12.5. The molecule has 0 saturated carbocycles. The van der Waals surface area contributed by atoms with Gasteiger partial charge in [0.2, 0.25) is 5.91 Å². The van der Waals surface area contributed by atoms with Crippen LogP contribution in [0.5, 0.6) is 0 Å². The number of carbonyl (C=O) groups excluding carboxylic acids is 1. The van der Waals surface area contributed by atoms with Gasteiger partial charge in [-0.25, -0.2) is 0 Å². The molecule has 0 aliphatic heterocycles. The minimum absolute atomic E-state index is 0.266. The van der Waals surface area contributed by atoms with Crippen molar-refractivity contribution < 1.29 is 22.9 Å². The molecule has 0 saturated heterocycles. The monoisotopic (exact) mass is 706 g/mol. The first kappa shape index (κ1) is 47.0. The molecule has 0 aliphatic carbocycles. The first-order valence-electron chi connectivity index (χ1n) is 20.0. The molecule has 0 bridgehead atoms. The second-order valence-corrected chi connectivity index (χ2v) is 15.0. The highest BCUT2D eigenvalue weighted by atomic mass is 32.2. The summed E-state index contributed by atoms with van der Waals surface area (Å²) in [6, 6.07) is -1.09. The summed E-state index contributed by atoms with van der Waals surface area (Å²) in [6.45, 7) is 4.48. The average Bonchev–Trinajstić information content (AvgIpc) is 3.06. The summed E-state index contributed by atoms with van der Waals surface area (Å²) in [5.41, 5.74) is 0. The maximum absolute atomic E-state index is 12.5. The van der Waals surface area contributed by atoms with Crippen molar-refractivity contribution in [3.05, 3.63) is 60.8 Å². The number of hydrogen-bond donors (Lipinski definition) is 3. The van der Waals surface area contributed by atoms with Crippen LogP contribution in [0, 0.1) is 0 Å². The Morgan fingerprint density at radius 2 is 0.939 bits per heavy atom. The van der Waals surface area contributed by atoms with E-state index < -0.39 is 28.0 Å². The van der Waals surface area contributed by atoms with Crippen LogP contribution in [0.15, 0.2) is 60.8 Å². The predicted molar refractivity (Wildman–Crippen MR) is 211 cm³/mol. The first-order valence-corrected chi connectivity index (χ1v) is 21.6. The molecule has 284 valence electrons. The number of nitrogens with one attached hydrogen (secondary N) is 1. The molecule has 0 fully saturated rings. The summed E-state index contributed by atoms with van der Waals surface area (Å²) in [4.78, 5) is 12.5. The van der Waals surface area contributed by atoms with E-state index in [2.05, 4.69) is 67.8 Å². The van der Waals surface area contributed by atoms with Crippen LogP contribution < -0.4 is 5.32 Å². The Morgan fingerprint density at radius 3 is 1.45 bits per heavy atom. The molecule has 1 amide bonds. The highest BCUT2D eigenvalue weighted by Crippen LogP contribution is 2.12. The molecule has 0 rings (SSSR count). The summed E-state index contributed by atoms with van der Waals surface area (Å²) in [5.74, 6) is -1.03. The molecule has 3 N–H and O–H groups in total. The van der Waals surface area contributed by atoms with Crippen molar-refractivity contribution in [2.45, 2.75) is 193 Å². The zero-order valence-electron chi connectivity index (χ0n) is 31.5. The van der Waals surface area contributed by atoms with E-state index in [4.69, 9.17) is 0 Å². The Kier molecular flexibility index (Phi) is 34.4. The van der Waals surface area contributed by atoms with E-state index >= 15 is 0 Å². The van der Waals surface area contributed by atoms with Crippen LogP contribution in [0.4, 0.5) is 0 Å². The third-order valence-corrected chi connectivity index (χ3v) is 9.42. The molecular formula is C42H75NO5S. The SMILES string of the molecule is CCCCC/C=C\C/C=C\CCCCCCCC(=O)NC(CS(=O)(=O)O)C(O)/C=C/CC/C=C/CC/C=C/CCCCCCCCCCC. The fraction of sp³-hybridized carbons (Fsp3) is 0.738. The smallest absolute Gasteiger partial charge is 0.267 e. The van der Waals surface area contributed by atoms with Gasteiger partial charge in [0.15, 0.2) is 0 Å². The highest BCUT2D eigenvalue weighted by molar-refractivity contribution is 7.85. The summed E-state index contributed by atoms with van der Waals surface area (Å²) in [6.07, 6.45) is 49.2. The van der Waals surface area contributed by atoms with Gasteiger partial charge in [0.1, 0.15) is 0 Å². The minimum Gasteiger partial charge on any atom is -0.387 e. The molecule has 0 radical (unpaired) electrons. The van der Waals surface area contributed by atoms with Crippen LogP contribution >= 0.6 is 0 Å². The fourth-order valence-electron chi connectivity index (χ4n) is 5.63. The van der Waals surface area contributed by atoms with Crippen molar-refractivity contribution in [1.29, 1.82) is 0 Å². The zero-order valence-corrected chi connectivity index (χ0v) is 32.4. The van der Waals surface area contributed by atoms with Crippen molar-refractivity contribution >= 4 is 16.0 Å². The van der Waals surface area contributed by atoms with Crippen molar-refractivity contribution in [3.8, 4) is 0 Å². The predicted octanol–water partition coefficient (Wildman–Crippen LogP) is 11.7. The summed E-state index contributed by atoms with van der Waals surface area (Å²) < 4.78 is 32.4. The lowest BCUT2D eigenvalue weighted by Crippen LogP contribution is -2.46. The highest BCUT2D eigenvalue weighted by Gasteiger charge is 2.24. The second-order valence-electron chi connectivity index (χ2n) is 13.5. The van der Waals surface area contributed by atoms with Crippen LogP contribution in [0.25, 0.3) is 0 Å². The van der Waals surface area contributed by atoms with Gasteiger partial charge in [-0.2, -0.15) is 8.42 Å². The van der Waals surface area contributed by atoms with Crippen LogP contribution in [0.3, 0.4) is 0 Å². The van der Waals surface area contributed by atoms with Crippen LogP contribution in [0.2, 0.25) is 0 Å². The molecule has 0 heterocycles. The van der Waals surface area contributed by atoms with Crippen LogP contribution in [-0.2, 0) is 14.9 Å². The second kappa shape index (κ2) is 35.9. The topological polar surface area (TPSA) is 104 Å². The molecule has 7 heteroatoms. The third-order valence-electron chi connectivity index (χ3n) is 8.64. The van der Waals surface area contributed by atoms with E-state index in [0.717, 1.165) is 57.8 Å². The van der Waals surface area contributed by atoms with Crippen molar-refractivity contribution in [1.82, 2.24) is 5.32 Å². The van der Waals surface area contributed by atoms with E-state index in [0.29, 0.717) is 12.8 Å². The average molecular weight is 706 g/mol. The summed E-state index contributed by atoms with van der Waals surface area (Å²) in [5, 5.41) is 13.2. The van der Waals surface area contributed by atoms with Gasteiger partial charge >= 0.3 is 0 Å². The van der Waals surface area contributed by atoms with Crippen molar-refractivity contribution in [2.75, 3.05) is 5.75 Å². The summed E-state index contributed by atoms with van der Waals surface area (Å²) >= 11 is 0. The number of amides is 1. The molecule has 2 atom stereocenters. The van der Waals surface area contributed by atoms with Gasteiger partial charge in [-0.1, -0.05) is 158 Å². The number of aliphatic hydroxyl groups is 1. The molecule has 49 heavy (non-hydrogen) atoms. The Balaban J connectivity index is 4.06. The third kappa shape index (κ3) is 37.1. The molecular weight excluding hydrogens is 631 g/mol. The lowest BCUT2D eigenvalue weighted by molar-refractivity contribution is -0.122. The number of allylic oxidation sites excluding steroid dienone is 9. The van der Waals surface area contributed by atoms with Gasteiger partial charge in [-0.3, -0.25) is 9.35 Å². The molecule has 0 aromatic carbocycles. The van der Waals surface area contributed by atoms with Gasteiger partial charge in [0, 0.05) is 6.42 Å². The standard InChI is InChI=1S/C42H75NO5S/c1-3-5-7-9-11-13-15-17-19-20-21-22-24-25-27-29-31-33-35-37-41(44)40(39-49(46,47)48)43-42(45)38-36-34-32-30-28-26-23-18-16-14-12-10-8-6-4-2/h12,14,18,21-23,27,29,35,37,40-41,44H,3-11,13,15-17,19-20,24-26,28,30-34,36,38-39H2,1-2H3,(H,43,45)(H,46,47,48)/b14-12-,22-21+,23-18-,29-27+,37-35+. The summed E-state index contributed by atoms with van der Waals surface area (Å²) in [7, 11) is -4.36. The normalized spacial score (nSPS) is 14.0. The van der Waals surface area contributed by atoms with Crippen LogP contribution in [-0.4, -0.2) is 41.9 Å². The van der Waals surface area contributed by atoms with Gasteiger partial charge in [-0.15, -0.1) is 0 Å². The lowest BCUT2D eigenvalue weighted by atomic mass is 10.1. The Bertz CT molecular complexity index is 999. The first-order chi connectivity index (χ1) is 23.8. The Labute approximate surface area is 302 Å². The van der Waals surface area contributed by atoms with Gasteiger partial charge < -0.3 is 10.4 Å². The molecule has 2 unspecified atom stereocenters. The van der Waals surface area contributed by atoms with Gasteiger partial charge in [0.05, 0.1) is 17.9 Å². The maximum Gasteiger partial charge on any atom is 0.267 e. The Hall–Kier alpha value is -1.96. The van der Waals surface area contributed by atoms with E-state index in [1.807, 2.05) is 0 Å². The molecule has 0 spiro atoms. The quantitative estimate of drug-likeness (QED) is 0.0346. The lowest BCUT2D eigenvalue weighted by Gasteiger charge is -2.21. The number of carbonyl (C=O) groups is 1. The van der Waals surface area contributed by atoms with E-state index in [9.17, 15) is 22.9 Å². The zero-order chi connectivity index (χ0) is 36.1. The Morgan fingerprint density at radius 1 is 0.551 bits per heavy atom. The van der Waals surface area contributed by atoms with E-state index in [1.165, 1.54) is 96.0 Å². The van der Waals surface area contributed by atoms with Crippen molar-refractivity contribution in [3.63, 3.8) is 0 Å². The van der Waals surface area contributed by atoms with E-state index in [-0.39, 0.29) is 12.3 Å². The minimum atomic E-state index is -4.36. The molecule has 0 aromatic rings. The molecule has 0 aromatic heterocycles. The molecule has 6 nitrogen and oxygen atoms in total.